The third-order valence-corrected chi connectivity index (χ3v) is 4.23. The van der Waals surface area contributed by atoms with E-state index in [0.29, 0.717) is 19.5 Å². The molecule has 1 aliphatic heterocycles. The Hall–Kier alpha value is -1.52. The number of hydrogen-bond acceptors (Lipinski definition) is 2. The molecule has 2 rings (SSSR count). The smallest absolute Gasteiger partial charge is 0.227 e. The van der Waals surface area contributed by atoms with Gasteiger partial charge in [0.05, 0.1) is 0 Å². The van der Waals surface area contributed by atoms with Gasteiger partial charge >= 0.3 is 0 Å². The molecule has 0 aromatic heterocycles. The van der Waals surface area contributed by atoms with E-state index in [4.69, 9.17) is 5.53 Å². The third kappa shape index (κ3) is 2.91. The minimum atomic E-state index is 0.0944. The second-order valence-corrected chi connectivity index (χ2v) is 5.73. The highest BCUT2D eigenvalue weighted by Crippen LogP contribution is 2.32. The topological polar surface area (TPSA) is 69.1 Å². The van der Waals surface area contributed by atoms with E-state index in [1.807, 2.05) is 19.9 Å². The Labute approximate surface area is 120 Å². The van der Waals surface area contributed by atoms with Crippen LogP contribution in [0.4, 0.5) is 5.69 Å². The molecule has 0 spiro atoms. The van der Waals surface area contributed by atoms with Gasteiger partial charge in [0, 0.05) is 34.6 Å². The molecule has 1 heterocycles. The number of aryl methyl sites for hydroxylation is 2. The molecule has 100 valence electrons. The molecular weight excluding hydrogens is 308 g/mol. The number of rotatable bonds is 3. The van der Waals surface area contributed by atoms with E-state index < -0.39 is 0 Å². The summed E-state index contributed by atoms with van der Waals surface area (Å²) in [6.07, 6.45) is 0.448. The van der Waals surface area contributed by atoms with Crippen LogP contribution in [0.25, 0.3) is 10.4 Å². The monoisotopic (exact) mass is 322 g/mol. The van der Waals surface area contributed by atoms with Crippen molar-refractivity contribution in [3.05, 3.63) is 38.2 Å². The zero-order valence-corrected chi connectivity index (χ0v) is 12.5. The maximum atomic E-state index is 12.1. The first kappa shape index (κ1) is 13.9. The number of carbonyl (C=O) groups is 1. The predicted molar refractivity (Wildman–Crippen MR) is 78.1 cm³/mol. The SMILES string of the molecule is Cc1cc(C)c(N2CC(CN=[N+]=[N-])CC2=O)cc1Br. The number of azide groups is 1. The van der Waals surface area contributed by atoms with Gasteiger partial charge in [0.25, 0.3) is 0 Å². The molecule has 1 unspecified atom stereocenters. The maximum Gasteiger partial charge on any atom is 0.227 e. The van der Waals surface area contributed by atoms with Crippen LogP contribution in [-0.4, -0.2) is 19.0 Å². The van der Waals surface area contributed by atoms with Gasteiger partial charge < -0.3 is 4.90 Å². The molecule has 19 heavy (non-hydrogen) atoms. The summed E-state index contributed by atoms with van der Waals surface area (Å²) in [5.41, 5.74) is 11.5. The van der Waals surface area contributed by atoms with E-state index in [2.05, 4.69) is 32.0 Å². The van der Waals surface area contributed by atoms with Gasteiger partial charge in [-0.25, -0.2) is 0 Å². The van der Waals surface area contributed by atoms with Gasteiger partial charge in [-0.15, -0.1) is 0 Å². The van der Waals surface area contributed by atoms with Crippen molar-refractivity contribution < 1.29 is 4.79 Å². The number of carbonyl (C=O) groups excluding carboxylic acids is 1. The Morgan fingerprint density at radius 1 is 1.47 bits per heavy atom. The van der Waals surface area contributed by atoms with Crippen molar-refractivity contribution in [2.24, 2.45) is 11.0 Å². The van der Waals surface area contributed by atoms with Gasteiger partial charge in [-0.2, -0.15) is 0 Å². The Morgan fingerprint density at radius 2 is 2.21 bits per heavy atom. The first-order chi connectivity index (χ1) is 9.02. The van der Waals surface area contributed by atoms with Crippen molar-refractivity contribution in [3.8, 4) is 0 Å². The predicted octanol–water partition coefficient (Wildman–Crippen LogP) is 3.73. The fraction of sp³-hybridized carbons (Fsp3) is 0.462. The fourth-order valence-electron chi connectivity index (χ4n) is 2.39. The number of amides is 1. The van der Waals surface area contributed by atoms with Crippen molar-refractivity contribution >= 4 is 27.5 Å². The fourth-order valence-corrected chi connectivity index (χ4v) is 2.73. The Kier molecular flexibility index (Phi) is 4.12. The summed E-state index contributed by atoms with van der Waals surface area (Å²) in [7, 11) is 0. The molecule has 6 heteroatoms. The molecule has 1 aromatic carbocycles. The normalized spacial score (nSPS) is 18.6. The van der Waals surface area contributed by atoms with Crippen LogP contribution >= 0.6 is 15.9 Å². The maximum absolute atomic E-state index is 12.1. The lowest BCUT2D eigenvalue weighted by Gasteiger charge is -2.20. The first-order valence-corrected chi connectivity index (χ1v) is 6.90. The van der Waals surface area contributed by atoms with E-state index in [-0.39, 0.29) is 11.8 Å². The van der Waals surface area contributed by atoms with Gasteiger partial charge in [-0.05, 0) is 42.5 Å². The summed E-state index contributed by atoms with van der Waals surface area (Å²) in [5, 5.41) is 3.56. The van der Waals surface area contributed by atoms with E-state index in [1.54, 1.807) is 4.90 Å². The molecular formula is C13H15BrN4O. The standard InChI is InChI=1S/C13H15BrN4O/c1-8-3-9(2)12(5-11(8)14)18-7-10(4-13(18)19)6-16-17-15/h3,5,10H,4,6-7H2,1-2H3. The van der Waals surface area contributed by atoms with Crippen LogP contribution < -0.4 is 4.90 Å². The molecule has 0 saturated carbocycles. The summed E-state index contributed by atoms with van der Waals surface area (Å²) in [6, 6.07) is 4.05. The van der Waals surface area contributed by atoms with Gasteiger partial charge in [0.1, 0.15) is 0 Å². The zero-order valence-electron chi connectivity index (χ0n) is 10.9. The van der Waals surface area contributed by atoms with Crippen molar-refractivity contribution in [2.75, 3.05) is 18.0 Å². The van der Waals surface area contributed by atoms with Crippen LogP contribution in [0.1, 0.15) is 17.5 Å². The van der Waals surface area contributed by atoms with Gasteiger partial charge in [-0.3, -0.25) is 4.79 Å². The number of benzene rings is 1. The molecule has 5 nitrogen and oxygen atoms in total. The summed E-state index contributed by atoms with van der Waals surface area (Å²) >= 11 is 3.50. The lowest BCUT2D eigenvalue weighted by atomic mass is 10.1. The number of hydrogen-bond donors (Lipinski definition) is 0. The quantitative estimate of drug-likeness (QED) is 0.475. The molecule has 1 amide bonds. The van der Waals surface area contributed by atoms with Crippen LogP contribution in [0, 0.1) is 19.8 Å². The number of halogens is 1. The summed E-state index contributed by atoms with van der Waals surface area (Å²) in [5.74, 6) is 0.208. The van der Waals surface area contributed by atoms with Gasteiger partial charge in [0.2, 0.25) is 5.91 Å². The molecule has 1 saturated heterocycles. The van der Waals surface area contributed by atoms with Crippen LogP contribution in [0.5, 0.6) is 0 Å². The van der Waals surface area contributed by atoms with Crippen molar-refractivity contribution in [1.29, 1.82) is 0 Å². The molecule has 1 atom stereocenters. The molecule has 1 aromatic rings. The summed E-state index contributed by atoms with van der Waals surface area (Å²) in [6.45, 7) is 5.03. The largest absolute Gasteiger partial charge is 0.312 e. The minimum Gasteiger partial charge on any atom is -0.312 e. The lowest BCUT2D eigenvalue weighted by molar-refractivity contribution is -0.117. The van der Waals surface area contributed by atoms with Gasteiger partial charge in [0.15, 0.2) is 0 Å². The first-order valence-electron chi connectivity index (χ1n) is 6.11. The van der Waals surface area contributed by atoms with Crippen molar-refractivity contribution in [1.82, 2.24) is 0 Å². The van der Waals surface area contributed by atoms with E-state index >= 15 is 0 Å². The molecule has 0 radical (unpaired) electrons. The molecule has 0 aliphatic carbocycles. The van der Waals surface area contributed by atoms with E-state index in [0.717, 1.165) is 21.3 Å². The lowest BCUT2D eigenvalue weighted by Crippen LogP contribution is -2.25. The molecule has 1 fully saturated rings. The Bertz CT molecular complexity index is 566. The summed E-state index contributed by atoms with van der Waals surface area (Å²) < 4.78 is 0.999. The summed E-state index contributed by atoms with van der Waals surface area (Å²) in [4.78, 5) is 16.6. The Balaban J connectivity index is 2.25. The highest BCUT2D eigenvalue weighted by atomic mass is 79.9. The minimum absolute atomic E-state index is 0.0944. The second-order valence-electron chi connectivity index (χ2n) is 4.88. The molecule has 1 aliphatic rings. The zero-order chi connectivity index (χ0) is 14.0. The average molecular weight is 323 g/mol. The average Bonchev–Trinajstić information content (AvgIpc) is 2.72. The molecule has 0 N–H and O–H groups in total. The van der Waals surface area contributed by atoms with Crippen LogP contribution in [0.15, 0.2) is 21.7 Å². The molecule has 0 bridgehead atoms. The van der Waals surface area contributed by atoms with Crippen molar-refractivity contribution in [3.63, 3.8) is 0 Å². The van der Waals surface area contributed by atoms with Crippen LogP contribution in [-0.2, 0) is 4.79 Å². The number of nitrogens with zero attached hydrogens (tertiary/aromatic N) is 4. The van der Waals surface area contributed by atoms with E-state index in [1.165, 1.54) is 0 Å². The third-order valence-electron chi connectivity index (χ3n) is 3.38. The Morgan fingerprint density at radius 3 is 2.89 bits per heavy atom. The van der Waals surface area contributed by atoms with Gasteiger partial charge in [-0.1, -0.05) is 27.1 Å². The second kappa shape index (κ2) is 5.63. The van der Waals surface area contributed by atoms with Crippen LogP contribution in [0.3, 0.4) is 0 Å². The van der Waals surface area contributed by atoms with Crippen LogP contribution in [0.2, 0.25) is 0 Å². The van der Waals surface area contributed by atoms with Crippen molar-refractivity contribution in [2.45, 2.75) is 20.3 Å². The van der Waals surface area contributed by atoms with E-state index in [9.17, 15) is 4.79 Å². The number of anilines is 1. The highest BCUT2D eigenvalue weighted by molar-refractivity contribution is 9.10. The highest BCUT2D eigenvalue weighted by Gasteiger charge is 2.31.